The maximum absolute atomic E-state index is 5.91. The summed E-state index contributed by atoms with van der Waals surface area (Å²) in [7, 11) is 0. The maximum Gasteiger partial charge on any atom is 0.0352 e. The average Bonchev–Trinajstić information content (AvgIpc) is 1.86. The second-order valence-electron chi connectivity index (χ2n) is 3.59. The highest BCUT2D eigenvalue weighted by atomic mass is 127. The molecule has 68 valence electrons. The Hall–Kier alpha value is -0.0900. The Labute approximate surface area is 91.4 Å². The minimum Gasteiger partial charge on any atom is -0.322 e. The molecule has 0 aromatic heterocycles. The van der Waals surface area contributed by atoms with E-state index in [-0.39, 0.29) is 29.5 Å². The van der Waals surface area contributed by atoms with Gasteiger partial charge in [-0.2, -0.15) is 0 Å². The molecule has 1 rings (SSSR count). The lowest BCUT2D eigenvalue weighted by molar-refractivity contribution is 0.554. The van der Waals surface area contributed by atoms with Gasteiger partial charge in [0.05, 0.1) is 0 Å². The van der Waals surface area contributed by atoms with Crippen molar-refractivity contribution in [2.45, 2.75) is 26.3 Å². The van der Waals surface area contributed by atoms with E-state index >= 15 is 0 Å². The van der Waals surface area contributed by atoms with Crippen molar-refractivity contribution in [2.75, 3.05) is 0 Å². The molecule has 1 nitrogen and oxygen atoms in total. The molecule has 0 amide bonds. The van der Waals surface area contributed by atoms with Crippen LogP contribution in [0.5, 0.6) is 0 Å². The van der Waals surface area contributed by atoms with Crippen LogP contribution in [0.3, 0.4) is 0 Å². The summed E-state index contributed by atoms with van der Waals surface area (Å²) in [6.07, 6.45) is 0. The molecule has 12 heavy (non-hydrogen) atoms. The number of rotatable bonds is 1. The third-order valence-electron chi connectivity index (χ3n) is 1.80. The molecule has 2 heteroatoms. The molecule has 0 heterocycles. The average molecular weight is 277 g/mol. The summed E-state index contributed by atoms with van der Waals surface area (Å²) in [5, 5.41) is 0. The van der Waals surface area contributed by atoms with Crippen LogP contribution >= 0.6 is 24.0 Å². The van der Waals surface area contributed by atoms with Crippen LogP contribution in [0.4, 0.5) is 0 Å². The first kappa shape index (κ1) is 11.9. The van der Waals surface area contributed by atoms with Gasteiger partial charge in [0.1, 0.15) is 0 Å². The first-order chi connectivity index (χ1) is 5.00. The predicted octanol–water partition coefficient (Wildman–Crippen LogP) is 2.81. The third kappa shape index (κ3) is 3.11. The summed E-state index contributed by atoms with van der Waals surface area (Å²) in [5.41, 5.74) is 8.15. The van der Waals surface area contributed by atoms with Crippen molar-refractivity contribution in [3.63, 3.8) is 0 Å². The molecule has 0 atom stereocenters. The standard InChI is InChI=1S/C10H15N.HI/c1-8-4-6-9(7-5-8)10(2,3)11;/h4-7H,11H2,1-3H3;1H. The van der Waals surface area contributed by atoms with E-state index in [2.05, 4.69) is 31.2 Å². The largest absolute Gasteiger partial charge is 0.322 e. The van der Waals surface area contributed by atoms with Crippen LogP contribution in [0.1, 0.15) is 25.0 Å². The van der Waals surface area contributed by atoms with Crippen molar-refractivity contribution in [3.05, 3.63) is 35.4 Å². The van der Waals surface area contributed by atoms with Crippen LogP contribution in [0.25, 0.3) is 0 Å². The van der Waals surface area contributed by atoms with Crippen molar-refractivity contribution >= 4 is 24.0 Å². The van der Waals surface area contributed by atoms with Gasteiger partial charge in [0.15, 0.2) is 0 Å². The number of benzene rings is 1. The smallest absolute Gasteiger partial charge is 0.0352 e. The van der Waals surface area contributed by atoms with Gasteiger partial charge in [0, 0.05) is 5.54 Å². The Morgan fingerprint density at radius 1 is 1.08 bits per heavy atom. The summed E-state index contributed by atoms with van der Waals surface area (Å²) in [4.78, 5) is 0. The molecule has 0 spiro atoms. The Balaban J connectivity index is 0.00000121. The molecular weight excluding hydrogens is 261 g/mol. The van der Waals surface area contributed by atoms with Gasteiger partial charge in [-0.05, 0) is 26.3 Å². The van der Waals surface area contributed by atoms with Crippen molar-refractivity contribution in [2.24, 2.45) is 5.73 Å². The molecule has 0 unspecified atom stereocenters. The molecule has 2 N–H and O–H groups in total. The molecule has 0 saturated carbocycles. The zero-order chi connectivity index (χ0) is 8.48. The first-order valence-corrected chi connectivity index (χ1v) is 3.86. The topological polar surface area (TPSA) is 26.0 Å². The van der Waals surface area contributed by atoms with Gasteiger partial charge in [-0.25, -0.2) is 0 Å². The Kier molecular flexibility index (Phi) is 4.20. The summed E-state index contributed by atoms with van der Waals surface area (Å²) in [5.74, 6) is 0. The van der Waals surface area contributed by atoms with Crippen molar-refractivity contribution in [3.8, 4) is 0 Å². The fraction of sp³-hybridized carbons (Fsp3) is 0.400. The molecule has 1 aromatic rings. The molecular formula is C10H16IN. The molecule has 0 radical (unpaired) electrons. The second-order valence-corrected chi connectivity index (χ2v) is 3.59. The minimum atomic E-state index is -0.215. The number of halogens is 1. The van der Waals surface area contributed by atoms with Gasteiger partial charge in [0.2, 0.25) is 0 Å². The molecule has 0 saturated heterocycles. The van der Waals surface area contributed by atoms with Gasteiger partial charge >= 0.3 is 0 Å². The monoisotopic (exact) mass is 277 g/mol. The fourth-order valence-electron chi connectivity index (χ4n) is 0.983. The van der Waals surface area contributed by atoms with E-state index in [4.69, 9.17) is 5.73 Å². The van der Waals surface area contributed by atoms with Gasteiger partial charge < -0.3 is 5.73 Å². The van der Waals surface area contributed by atoms with Crippen LogP contribution < -0.4 is 5.73 Å². The Morgan fingerprint density at radius 3 is 1.83 bits per heavy atom. The molecule has 1 aromatic carbocycles. The van der Waals surface area contributed by atoms with E-state index in [1.165, 1.54) is 11.1 Å². The Morgan fingerprint density at radius 2 is 1.50 bits per heavy atom. The van der Waals surface area contributed by atoms with Crippen molar-refractivity contribution in [1.82, 2.24) is 0 Å². The minimum absolute atomic E-state index is 0. The van der Waals surface area contributed by atoms with Gasteiger partial charge in [-0.3, -0.25) is 0 Å². The van der Waals surface area contributed by atoms with Crippen LogP contribution in [0.15, 0.2) is 24.3 Å². The lowest BCUT2D eigenvalue weighted by Gasteiger charge is -2.18. The van der Waals surface area contributed by atoms with Gasteiger partial charge in [-0.1, -0.05) is 29.8 Å². The number of hydrogen-bond acceptors (Lipinski definition) is 1. The summed E-state index contributed by atoms with van der Waals surface area (Å²) >= 11 is 0. The second kappa shape index (κ2) is 4.23. The van der Waals surface area contributed by atoms with E-state index in [9.17, 15) is 0 Å². The highest BCUT2D eigenvalue weighted by molar-refractivity contribution is 14.0. The van der Waals surface area contributed by atoms with Gasteiger partial charge in [0.25, 0.3) is 0 Å². The van der Waals surface area contributed by atoms with E-state index in [0.29, 0.717) is 0 Å². The summed E-state index contributed by atoms with van der Waals surface area (Å²) < 4.78 is 0. The van der Waals surface area contributed by atoms with Crippen LogP contribution in [-0.4, -0.2) is 0 Å². The quantitative estimate of drug-likeness (QED) is 0.785. The molecule has 0 aliphatic rings. The number of hydrogen-bond donors (Lipinski definition) is 1. The van der Waals surface area contributed by atoms with Crippen LogP contribution in [0, 0.1) is 6.92 Å². The van der Waals surface area contributed by atoms with Crippen LogP contribution in [-0.2, 0) is 5.54 Å². The molecule has 0 aliphatic heterocycles. The summed E-state index contributed by atoms with van der Waals surface area (Å²) in [6.45, 7) is 6.10. The highest BCUT2D eigenvalue weighted by Crippen LogP contribution is 2.16. The third-order valence-corrected chi connectivity index (χ3v) is 1.80. The zero-order valence-electron chi connectivity index (χ0n) is 7.79. The summed E-state index contributed by atoms with van der Waals surface area (Å²) in [6, 6.07) is 8.33. The normalized spacial score (nSPS) is 10.7. The van der Waals surface area contributed by atoms with E-state index < -0.39 is 0 Å². The lowest BCUT2D eigenvalue weighted by Crippen LogP contribution is -2.28. The number of nitrogens with two attached hydrogens (primary N) is 1. The lowest BCUT2D eigenvalue weighted by atomic mass is 9.95. The molecule has 0 fully saturated rings. The molecule has 0 bridgehead atoms. The SMILES string of the molecule is Cc1ccc(C(C)(C)N)cc1.I. The van der Waals surface area contributed by atoms with Crippen molar-refractivity contribution < 1.29 is 0 Å². The predicted molar refractivity (Wildman–Crippen MR) is 63.8 cm³/mol. The van der Waals surface area contributed by atoms with E-state index in [1.807, 2.05) is 13.8 Å². The van der Waals surface area contributed by atoms with Crippen molar-refractivity contribution in [1.29, 1.82) is 0 Å². The Bertz CT molecular complexity index is 233. The van der Waals surface area contributed by atoms with Crippen LogP contribution in [0.2, 0.25) is 0 Å². The first-order valence-electron chi connectivity index (χ1n) is 3.86. The highest BCUT2D eigenvalue weighted by Gasteiger charge is 2.12. The fourth-order valence-corrected chi connectivity index (χ4v) is 0.983. The zero-order valence-corrected chi connectivity index (χ0v) is 10.1. The van der Waals surface area contributed by atoms with E-state index in [0.717, 1.165) is 0 Å². The maximum atomic E-state index is 5.91. The van der Waals surface area contributed by atoms with Gasteiger partial charge in [-0.15, -0.1) is 24.0 Å². The number of aryl methyl sites for hydroxylation is 1. The molecule has 0 aliphatic carbocycles. The van der Waals surface area contributed by atoms with E-state index in [1.54, 1.807) is 0 Å².